The second kappa shape index (κ2) is 4.15. The molecule has 1 unspecified atom stereocenters. The normalized spacial score (nSPS) is 23.0. The molecule has 0 heterocycles. The molecule has 0 aromatic rings. The van der Waals surface area contributed by atoms with Gasteiger partial charge in [0.1, 0.15) is 7.85 Å². The standard InChI is InChI=1S/C8H14BClO/c9-7(8(10)11)6-4-2-1-3-5-6/h6-7H,1-5,9H2. The second-order valence-electron chi connectivity index (χ2n) is 3.49. The fraction of sp³-hybridized carbons (Fsp3) is 0.875. The number of rotatable bonds is 2. The Morgan fingerprint density at radius 3 is 2.36 bits per heavy atom. The topological polar surface area (TPSA) is 17.1 Å². The lowest BCUT2D eigenvalue weighted by Crippen LogP contribution is -2.17. The van der Waals surface area contributed by atoms with Crippen molar-refractivity contribution in [2.24, 2.45) is 5.92 Å². The minimum atomic E-state index is -0.156. The summed E-state index contributed by atoms with van der Waals surface area (Å²) < 4.78 is 0. The van der Waals surface area contributed by atoms with E-state index in [4.69, 9.17) is 11.6 Å². The highest BCUT2D eigenvalue weighted by Gasteiger charge is 2.23. The summed E-state index contributed by atoms with van der Waals surface area (Å²) in [5.41, 5.74) is 0. The summed E-state index contributed by atoms with van der Waals surface area (Å²) in [6, 6.07) is 0. The molecule has 0 aromatic heterocycles. The third-order valence-electron chi connectivity index (χ3n) is 2.71. The van der Waals surface area contributed by atoms with Crippen LogP contribution < -0.4 is 0 Å². The monoisotopic (exact) mass is 172 g/mol. The third kappa shape index (κ3) is 2.51. The molecule has 11 heavy (non-hydrogen) atoms. The molecule has 1 fully saturated rings. The zero-order valence-corrected chi connectivity index (χ0v) is 7.73. The first-order chi connectivity index (χ1) is 5.22. The van der Waals surface area contributed by atoms with Gasteiger partial charge in [0.05, 0.1) is 0 Å². The Hall–Kier alpha value is 0.0249. The van der Waals surface area contributed by atoms with Crippen molar-refractivity contribution in [2.45, 2.75) is 37.9 Å². The fourth-order valence-corrected chi connectivity index (χ4v) is 2.00. The van der Waals surface area contributed by atoms with Gasteiger partial charge in [0.25, 0.3) is 0 Å². The first-order valence-corrected chi connectivity index (χ1v) is 4.79. The maximum Gasteiger partial charge on any atom is 0.217 e. The smallest absolute Gasteiger partial charge is 0.217 e. The molecule has 1 nitrogen and oxygen atoms in total. The van der Waals surface area contributed by atoms with Gasteiger partial charge in [0.15, 0.2) is 0 Å². The van der Waals surface area contributed by atoms with E-state index in [9.17, 15) is 4.79 Å². The molecule has 0 aliphatic heterocycles. The van der Waals surface area contributed by atoms with Crippen LogP contribution in [0, 0.1) is 5.92 Å². The summed E-state index contributed by atoms with van der Waals surface area (Å²) in [5.74, 6) is 0.644. The maximum absolute atomic E-state index is 10.8. The van der Waals surface area contributed by atoms with E-state index < -0.39 is 0 Å². The Labute approximate surface area is 73.9 Å². The highest BCUT2D eigenvalue weighted by molar-refractivity contribution is 6.68. The van der Waals surface area contributed by atoms with Crippen LogP contribution in [0.15, 0.2) is 0 Å². The zero-order chi connectivity index (χ0) is 8.27. The van der Waals surface area contributed by atoms with E-state index in [0.29, 0.717) is 5.92 Å². The van der Waals surface area contributed by atoms with Crippen LogP contribution in [0.5, 0.6) is 0 Å². The number of carbonyl (C=O) groups is 1. The molecule has 1 aliphatic carbocycles. The summed E-state index contributed by atoms with van der Waals surface area (Å²) in [7, 11) is 1.95. The molecule has 0 N–H and O–H groups in total. The Kier molecular flexibility index (Phi) is 3.44. The number of hydrogen-bond donors (Lipinski definition) is 0. The van der Waals surface area contributed by atoms with Crippen molar-refractivity contribution in [3.8, 4) is 0 Å². The Balaban J connectivity index is 2.38. The van der Waals surface area contributed by atoms with Crippen molar-refractivity contribution < 1.29 is 4.79 Å². The molecule has 1 aliphatic rings. The molecule has 0 saturated heterocycles. The van der Waals surface area contributed by atoms with Gasteiger partial charge in [-0.1, -0.05) is 32.1 Å². The van der Waals surface area contributed by atoms with Gasteiger partial charge in [-0.25, -0.2) is 0 Å². The van der Waals surface area contributed by atoms with Crippen molar-refractivity contribution in [2.75, 3.05) is 0 Å². The van der Waals surface area contributed by atoms with Gasteiger partial charge in [-0.3, -0.25) is 4.79 Å². The van der Waals surface area contributed by atoms with Crippen molar-refractivity contribution >= 4 is 24.7 Å². The van der Waals surface area contributed by atoms with E-state index in [-0.39, 0.29) is 11.1 Å². The summed E-state index contributed by atoms with van der Waals surface area (Å²) in [6.07, 6.45) is 6.28. The van der Waals surface area contributed by atoms with Gasteiger partial charge in [0.2, 0.25) is 5.24 Å². The van der Waals surface area contributed by atoms with E-state index in [1.54, 1.807) is 0 Å². The molecule has 0 bridgehead atoms. The molecule has 1 saturated carbocycles. The quantitative estimate of drug-likeness (QED) is 0.458. The fourth-order valence-electron chi connectivity index (χ4n) is 1.82. The van der Waals surface area contributed by atoms with Crippen molar-refractivity contribution in [3.63, 3.8) is 0 Å². The van der Waals surface area contributed by atoms with Gasteiger partial charge < -0.3 is 0 Å². The second-order valence-corrected chi connectivity index (χ2v) is 3.86. The summed E-state index contributed by atoms with van der Waals surface area (Å²) in [4.78, 5) is 10.8. The number of hydrogen-bond acceptors (Lipinski definition) is 1. The number of halogens is 1. The molecule has 1 rings (SSSR count). The van der Waals surface area contributed by atoms with Crippen molar-refractivity contribution in [1.29, 1.82) is 0 Å². The highest BCUT2D eigenvalue weighted by atomic mass is 35.5. The van der Waals surface area contributed by atoms with Crippen LogP contribution in [0.1, 0.15) is 32.1 Å². The van der Waals surface area contributed by atoms with E-state index in [1.807, 2.05) is 7.85 Å². The van der Waals surface area contributed by atoms with E-state index >= 15 is 0 Å². The van der Waals surface area contributed by atoms with Crippen LogP contribution in [0.2, 0.25) is 5.82 Å². The molecule has 0 aromatic carbocycles. The molecule has 0 spiro atoms. The van der Waals surface area contributed by atoms with Gasteiger partial charge >= 0.3 is 0 Å². The van der Waals surface area contributed by atoms with Gasteiger partial charge in [-0.2, -0.15) is 0 Å². The Morgan fingerprint density at radius 2 is 1.91 bits per heavy atom. The minimum absolute atomic E-state index is 0.0805. The lowest BCUT2D eigenvalue weighted by atomic mass is 9.71. The first kappa shape index (κ1) is 9.12. The van der Waals surface area contributed by atoms with Crippen LogP contribution in [0.25, 0.3) is 0 Å². The molecule has 0 radical (unpaired) electrons. The van der Waals surface area contributed by atoms with Gasteiger partial charge in [-0.15, -0.1) is 0 Å². The molecule has 1 atom stereocenters. The van der Waals surface area contributed by atoms with Crippen LogP contribution in [0.3, 0.4) is 0 Å². The van der Waals surface area contributed by atoms with E-state index in [0.717, 1.165) is 0 Å². The predicted octanol–water partition coefficient (Wildman–Crippen LogP) is 1.75. The lowest BCUT2D eigenvalue weighted by Gasteiger charge is -2.24. The third-order valence-corrected chi connectivity index (χ3v) is 3.06. The van der Waals surface area contributed by atoms with Crippen molar-refractivity contribution in [1.82, 2.24) is 0 Å². The Bertz CT molecular complexity index is 143. The summed E-state index contributed by atoms with van der Waals surface area (Å²) in [6.45, 7) is 0. The lowest BCUT2D eigenvalue weighted by molar-refractivity contribution is -0.112. The minimum Gasteiger partial charge on any atom is -0.282 e. The molecule has 62 valence electrons. The van der Waals surface area contributed by atoms with Crippen molar-refractivity contribution in [3.05, 3.63) is 0 Å². The maximum atomic E-state index is 10.8. The largest absolute Gasteiger partial charge is 0.282 e. The molecule has 3 heteroatoms. The van der Waals surface area contributed by atoms with Gasteiger partial charge in [-0.05, 0) is 17.5 Å². The zero-order valence-electron chi connectivity index (χ0n) is 6.98. The SMILES string of the molecule is BC(C(=O)Cl)C1CCCCC1. The summed E-state index contributed by atoms with van der Waals surface area (Å²) >= 11 is 5.42. The van der Waals surface area contributed by atoms with Crippen LogP contribution >= 0.6 is 11.6 Å². The highest BCUT2D eigenvalue weighted by Crippen LogP contribution is 2.32. The molecular formula is C8H14BClO. The van der Waals surface area contributed by atoms with E-state index in [2.05, 4.69) is 0 Å². The Morgan fingerprint density at radius 1 is 1.36 bits per heavy atom. The van der Waals surface area contributed by atoms with Gasteiger partial charge in [0, 0.05) is 5.82 Å². The average Bonchev–Trinajstić information content (AvgIpc) is 2.05. The summed E-state index contributed by atoms with van der Waals surface area (Å²) in [5, 5.41) is -0.156. The predicted molar refractivity (Wildman–Crippen MR) is 49.7 cm³/mol. The van der Waals surface area contributed by atoms with Crippen LogP contribution in [-0.4, -0.2) is 13.1 Å². The van der Waals surface area contributed by atoms with E-state index in [1.165, 1.54) is 32.1 Å². The first-order valence-electron chi connectivity index (χ1n) is 4.41. The molecule has 0 amide bonds. The van der Waals surface area contributed by atoms with Crippen LogP contribution in [-0.2, 0) is 4.79 Å². The number of carbonyl (C=O) groups excluding carboxylic acids is 1. The molecular weight excluding hydrogens is 158 g/mol. The average molecular weight is 172 g/mol. The van der Waals surface area contributed by atoms with Crippen LogP contribution in [0.4, 0.5) is 0 Å².